The maximum Gasteiger partial charge on any atom is 0.490 e. The summed E-state index contributed by atoms with van der Waals surface area (Å²) in [4.78, 5) is 26.3. The largest absolute Gasteiger partial charge is 0.490 e. The minimum absolute atomic E-state index is 0.0513. The van der Waals surface area contributed by atoms with Crippen molar-refractivity contribution in [3.63, 3.8) is 0 Å². The normalized spacial score (nSPS) is 22.4. The summed E-state index contributed by atoms with van der Waals surface area (Å²) < 4.78 is 31.7. The fourth-order valence-corrected chi connectivity index (χ4v) is 3.93. The zero-order chi connectivity index (χ0) is 21.7. The molecule has 0 aliphatic carbocycles. The Hall–Kier alpha value is -2.60. The lowest BCUT2D eigenvalue weighted by Crippen LogP contribution is -2.47. The van der Waals surface area contributed by atoms with Gasteiger partial charge in [-0.25, -0.2) is 4.79 Å². The summed E-state index contributed by atoms with van der Waals surface area (Å²) in [5.41, 5.74) is 1.36. The first-order valence-corrected chi connectivity index (χ1v) is 9.40. The predicted octanol–water partition coefficient (Wildman–Crippen LogP) is 3.28. The van der Waals surface area contributed by atoms with Crippen LogP contribution in [0, 0.1) is 11.3 Å². The van der Waals surface area contributed by atoms with Crippen LogP contribution in [0.1, 0.15) is 48.0 Å². The summed E-state index contributed by atoms with van der Waals surface area (Å²) in [5, 5.41) is 16.0. The standard InChI is InChI=1S/C18H23N3O.C2HF3O2/c1-20-11-2-8-18(10-13-20)9-3-12-21(18)17(22)16-6-4-15(14-19)5-7-16;3-2(4,5)1(6)7/h4-7H,2-3,8-13H2,1H3;(H,6,7). The third-order valence-corrected chi connectivity index (χ3v) is 5.49. The first kappa shape index (κ1) is 22.7. The van der Waals surface area contributed by atoms with Crippen molar-refractivity contribution in [3.05, 3.63) is 35.4 Å². The average molecular weight is 411 g/mol. The molecule has 2 aliphatic heterocycles. The molecule has 2 heterocycles. The predicted molar refractivity (Wildman–Crippen MR) is 99.2 cm³/mol. The lowest BCUT2D eigenvalue weighted by molar-refractivity contribution is -0.192. The third kappa shape index (κ3) is 5.70. The van der Waals surface area contributed by atoms with E-state index in [0.717, 1.165) is 51.7 Å². The maximum atomic E-state index is 12.9. The van der Waals surface area contributed by atoms with Crippen molar-refractivity contribution in [2.75, 3.05) is 26.7 Å². The van der Waals surface area contributed by atoms with Gasteiger partial charge >= 0.3 is 12.1 Å². The second kappa shape index (κ2) is 9.27. The molecule has 1 unspecified atom stereocenters. The summed E-state index contributed by atoms with van der Waals surface area (Å²) in [7, 11) is 2.17. The van der Waals surface area contributed by atoms with Gasteiger partial charge in [-0.2, -0.15) is 18.4 Å². The number of nitriles is 1. The van der Waals surface area contributed by atoms with Crippen molar-refractivity contribution in [1.29, 1.82) is 5.26 Å². The number of likely N-dealkylation sites (tertiary alicyclic amines) is 2. The fourth-order valence-electron chi connectivity index (χ4n) is 3.93. The molecule has 0 bridgehead atoms. The summed E-state index contributed by atoms with van der Waals surface area (Å²) in [6.45, 7) is 3.06. The minimum Gasteiger partial charge on any atom is -0.475 e. The van der Waals surface area contributed by atoms with Crippen molar-refractivity contribution in [2.24, 2.45) is 0 Å². The summed E-state index contributed by atoms with van der Waals surface area (Å²) in [6, 6.07) is 9.14. The molecular weight excluding hydrogens is 387 g/mol. The smallest absolute Gasteiger partial charge is 0.475 e. The molecule has 1 aromatic carbocycles. The van der Waals surface area contributed by atoms with Crippen molar-refractivity contribution >= 4 is 11.9 Å². The Morgan fingerprint density at radius 2 is 1.62 bits per heavy atom. The number of carbonyl (C=O) groups excluding carboxylic acids is 1. The highest BCUT2D eigenvalue weighted by Gasteiger charge is 2.44. The molecule has 0 aromatic heterocycles. The molecule has 0 saturated carbocycles. The van der Waals surface area contributed by atoms with Gasteiger partial charge in [-0.05, 0) is 70.0 Å². The van der Waals surface area contributed by atoms with E-state index < -0.39 is 12.1 Å². The molecule has 1 aromatic rings. The molecule has 1 N–H and O–H groups in total. The number of halogens is 3. The van der Waals surface area contributed by atoms with Crippen molar-refractivity contribution < 1.29 is 27.9 Å². The van der Waals surface area contributed by atoms with E-state index >= 15 is 0 Å². The summed E-state index contributed by atoms with van der Waals surface area (Å²) in [5.74, 6) is -2.63. The van der Waals surface area contributed by atoms with E-state index in [9.17, 15) is 18.0 Å². The minimum atomic E-state index is -5.08. The molecule has 158 valence electrons. The van der Waals surface area contributed by atoms with Crippen molar-refractivity contribution in [2.45, 2.75) is 43.8 Å². The third-order valence-electron chi connectivity index (χ3n) is 5.49. The van der Waals surface area contributed by atoms with Crippen LogP contribution in [0.3, 0.4) is 0 Å². The van der Waals surface area contributed by atoms with Gasteiger partial charge in [0.2, 0.25) is 0 Å². The second-order valence-corrected chi connectivity index (χ2v) is 7.43. The molecule has 2 aliphatic rings. The Morgan fingerprint density at radius 1 is 1.07 bits per heavy atom. The zero-order valence-electron chi connectivity index (χ0n) is 16.2. The van der Waals surface area contributed by atoms with Gasteiger partial charge in [0.15, 0.2) is 0 Å². The number of benzene rings is 1. The lowest BCUT2D eigenvalue weighted by Gasteiger charge is -2.38. The number of alkyl halides is 3. The Labute approximate surface area is 167 Å². The van der Waals surface area contributed by atoms with Crippen LogP contribution in [0.25, 0.3) is 0 Å². The second-order valence-electron chi connectivity index (χ2n) is 7.43. The van der Waals surface area contributed by atoms with E-state index in [4.69, 9.17) is 15.2 Å². The number of carboxylic acids is 1. The topological polar surface area (TPSA) is 84.6 Å². The first-order valence-electron chi connectivity index (χ1n) is 9.40. The van der Waals surface area contributed by atoms with E-state index in [-0.39, 0.29) is 11.4 Å². The Bertz CT molecular complexity index is 774. The van der Waals surface area contributed by atoms with E-state index in [1.807, 2.05) is 0 Å². The summed E-state index contributed by atoms with van der Waals surface area (Å²) >= 11 is 0. The average Bonchev–Trinajstić information content (AvgIpc) is 2.99. The Balaban J connectivity index is 0.000000370. The van der Waals surface area contributed by atoms with Gasteiger partial charge in [0.25, 0.3) is 5.91 Å². The van der Waals surface area contributed by atoms with Crippen LogP contribution in [0.15, 0.2) is 24.3 Å². The van der Waals surface area contributed by atoms with E-state index in [0.29, 0.717) is 11.1 Å². The number of rotatable bonds is 1. The molecule has 9 heteroatoms. The molecular formula is C20H24F3N3O3. The van der Waals surface area contributed by atoms with Gasteiger partial charge in [-0.1, -0.05) is 0 Å². The van der Waals surface area contributed by atoms with Crippen LogP contribution in [0.4, 0.5) is 13.2 Å². The highest BCUT2D eigenvalue weighted by atomic mass is 19.4. The van der Waals surface area contributed by atoms with Gasteiger partial charge in [0, 0.05) is 24.2 Å². The number of hydrogen-bond acceptors (Lipinski definition) is 4. The highest BCUT2D eigenvalue weighted by molar-refractivity contribution is 5.95. The van der Waals surface area contributed by atoms with Crippen molar-refractivity contribution in [1.82, 2.24) is 9.80 Å². The van der Waals surface area contributed by atoms with Crippen LogP contribution in [0.5, 0.6) is 0 Å². The molecule has 1 spiro atoms. The van der Waals surface area contributed by atoms with Crippen LogP contribution >= 0.6 is 0 Å². The molecule has 2 saturated heterocycles. The number of carboxylic acid groups (broad SMARTS) is 1. The van der Waals surface area contributed by atoms with E-state index in [1.54, 1.807) is 24.3 Å². The SMILES string of the molecule is CN1CCCC2(CCCN2C(=O)c2ccc(C#N)cc2)CC1.O=C(O)C(F)(F)F. The number of nitrogens with zero attached hydrogens (tertiary/aromatic N) is 3. The molecule has 6 nitrogen and oxygen atoms in total. The molecule has 3 rings (SSSR count). The number of carbonyl (C=O) groups is 2. The Morgan fingerprint density at radius 3 is 2.14 bits per heavy atom. The zero-order valence-corrected chi connectivity index (χ0v) is 16.2. The molecule has 1 atom stereocenters. The number of amides is 1. The van der Waals surface area contributed by atoms with Crippen LogP contribution in [0.2, 0.25) is 0 Å². The quantitative estimate of drug-likeness (QED) is 0.767. The lowest BCUT2D eigenvalue weighted by atomic mass is 9.87. The van der Waals surface area contributed by atoms with Gasteiger partial charge in [0.05, 0.1) is 11.6 Å². The van der Waals surface area contributed by atoms with Gasteiger partial charge in [-0.3, -0.25) is 4.79 Å². The number of aliphatic carboxylic acids is 1. The van der Waals surface area contributed by atoms with E-state index in [2.05, 4.69) is 22.9 Å². The summed E-state index contributed by atoms with van der Waals surface area (Å²) in [6.07, 6.45) is 0.493. The molecule has 1 amide bonds. The maximum absolute atomic E-state index is 12.9. The Kier molecular flexibility index (Phi) is 7.25. The van der Waals surface area contributed by atoms with Crippen molar-refractivity contribution in [3.8, 4) is 6.07 Å². The van der Waals surface area contributed by atoms with Crippen LogP contribution < -0.4 is 0 Å². The molecule has 29 heavy (non-hydrogen) atoms. The highest BCUT2D eigenvalue weighted by Crippen LogP contribution is 2.39. The van der Waals surface area contributed by atoms with E-state index in [1.165, 1.54) is 0 Å². The molecule has 0 radical (unpaired) electrons. The monoisotopic (exact) mass is 411 g/mol. The van der Waals surface area contributed by atoms with Gasteiger partial charge in [-0.15, -0.1) is 0 Å². The molecule has 2 fully saturated rings. The van der Waals surface area contributed by atoms with Crippen LogP contribution in [-0.4, -0.2) is 65.2 Å². The fraction of sp³-hybridized carbons (Fsp3) is 0.550. The van der Waals surface area contributed by atoms with Crippen LogP contribution in [-0.2, 0) is 4.79 Å². The number of hydrogen-bond donors (Lipinski definition) is 1. The first-order chi connectivity index (χ1) is 13.6. The van der Waals surface area contributed by atoms with Gasteiger partial charge in [0.1, 0.15) is 0 Å². The van der Waals surface area contributed by atoms with Gasteiger partial charge < -0.3 is 14.9 Å².